The maximum atomic E-state index is 6.57. The Kier molecular flexibility index (Phi) is 5.74. The molecule has 0 aliphatic rings. The fourth-order valence-corrected chi connectivity index (χ4v) is 8.18. The molecule has 0 saturated heterocycles. The van der Waals surface area contributed by atoms with E-state index in [1.807, 2.05) is 12.1 Å². The van der Waals surface area contributed by atoms with Crippen molar-refractivity contribution < 1.29 is 4.42 Å². The van der Waals surface area contributed by atoms with Crippen LogP contribution in [0.4, 0.5) is 0 Å². The molecule has 220 valence electrons. The van der Waals surface area contributed by atoms with E-state index in [1.165, 1.54) is 33.0 Å². The lowest BCUT2D eigenvalue weighted by molar-refractivity contribution is 0.670. The zero-order chi connectivity index (χ0) is 30.9. The summed E-state index contributed by atoms with van der Waals surface area (Å²) < 4.78 is 10.1. The summed E-state index contributed by atoms with van der Waals surface area (Å²) in [5.41, 5.74) is 12.0. The van der Waals surface area contributed by atoms with Gasteiger partial charge in [0.25, 0.3) is 0 Å². The van der Waals surface area contributed by atoms with Crippen molar-refractivity contribution in [2.45, 2.75) is 0 Å². The number of benzene rings is 7. The van der Waals surface area contributed by atoms with Crippen LogP contribution in [0, 0.1) is 0 Å². The smallest absolute Gasteiger partial charge is 0.195 e. The molecule has 0 radical (unpaired) electrons. The Bertz CT molecular complexity index is 2770. The van der Waals surface area contributed by atoms with Crippen LogP contribution in [0.15, 0.2) is 162 Å². The van der Waals surface area contributed by atoms with Crippen molar-refractivity contribution in [3.63, 3.8) is 0 Å². The first-order valence-electron chi connectivity index (χ1n) is 15.8. The average molecular weight is 619 g/mol. The molecule has 0 aliphatic carbocycles. The van der Waals surface area contributed by atoms with Gasteiger partial charge in [-0.2, -0.15) is 0 Å². The predicted molar refractivity (Wildman–Crippen MR) is 198 cm³/mol. The minimum atomic E-state index is 0.874. The standard InChI is InChI=1S/C43H26N2OS/c1-4-13-27(14-5-1)30-23-24-32-36(25-30)45(35-21-12-20-31(39(32)35)28-15-6-2-7-16-28)43-44-41-38(47-43)26-34(29-17-8-3-9-18-29)42-40(41)33-19-10-11-22-37(33)46-42/h1-26H. The monoisotopic (exact) mass is 618 g/mol. The maximum absolute atomic E-state index is 6.57. The summed E-state index contributed by atoms with van der Waals surface area (Å²) in [7, 11) is 0. The van der Waals surface area contributed by atoms with Crippen LogP contribution in [0.25, 0.3) is 92.5 Å². The van der Waals surface area contributed by atoms with Gasteiger partial charge in [-0.1, -0.05) is 145 Å². The second kappa shape index (κ2) is 10.3. The average Bonchev–Trinajstić information content (AvgIpc) is 3.83. The first-order chi connectivity index (χ1) is 23.3. The summed E-state index contributed by atoms with van der Waals surface area (Å²) in [5, 5.41) is 5.53. The number of hydrogen-bond acceptors (Lipinski definition) is 3. The third-order valence-corrected chi connectivity index (χ3v) is 10.2. The van der Waals surface area contributed by atoms with Crippen molar-refractivity contribution in [1.82, 2.24) is 9.55 Å². The minimum Gasteiger partial charge on any atom is -0.455 e. The van der Waals surface area contributed by atoms with E-state index in [-0.39, 0.29) is 0 Å². The topological polar surface area (TPSA) is 31.0 Å². The number of hydrogen-bond donors (Lipinski definition) is 0. The van der Waals surface area contributed by atoms with E-state index < -0.39 is 0 Å². The molecule has 3 heterocycles. The van der Waals surface area contributed by atoms with Gasteiger partial charge in [0.15, 0.2) is 5.13 Å². The first-order valence-corrected chi connectivity index (χ1v) is 16.6. The first kappa shape index (κ1) is 26.3. The van der Waals surface area contributed by atoms with E-state index in [0.717, 1.165) is 59.4 Å². The largest absolute Gasteiger partial charge is 0.455 e. The molecule has 0 N–H and O–H groups in total. The van der Waals surface area contributed by atoms with Gasteiger partial charge in [0.1, 0.15) is 11.2 Å². The summed E-state index contributed by atoms with van der Waals surface area (Å²) >= 11 is 1.73. The van der Waals surface area contributed by atoms with Crippen LogP contribution in [0.3, 0.4) is 0 Å². The van der Waals surface area contributed by atoms with Gasteiger partial charge in [-0.3, -0.25) is 4.57 Å². The Morgan fingerprint density at radius 1 is 0.489 bits per heavy atom. The number of para-hydroxylation sites is 1. The Morgan fingerprint density at radius 2 is 1.17 bits per heavy atom. The molecule has 0 bridgehead atoms. The van der Waals surface area contributed by atoms with Gasteiger partial charge in [-0.05, 0) is 52.1 Å². The molecule has 7 aromatic carbocycles. The zero-order valence-corrected chi connectivity index (χ0v) is 26.0. The summed E-state index contributed by atoms with van der Waals surface area (Å²) in [5.74, 6) is 0. The van der Waals surface area contributed by atoms with Gasteiger partial charge in [0.05, 0.1) is 26.6 Å². The Hall–Kier alpha value is -5.97. The van der Waals surface area contributed by atoms with Crippen molar-refractivity contribution in [1.29, 1.82) is 0 Å². The molecule has 0 saturated carbocycles. The molecule has 0 spiro atoms. The van der Waals surface area contributed by atoms with E-state index in [1.54, 1.807) is 11.3 Å². The molecule has 10 rings (SSSR count). The Balaban J connectivity index is 1.32. The van der Waals surface area contributed by atoms with Gasteiger partial charge < -0.3 is 4.42 Å². The van der Waals surface area contributed by atoms with Crippen molar-refractivity contribution >= 4 is 65.3 Å². The van der Waals surface area contributed by atoms with Gasteiger partial charge in [0, 0.05) is 21.7 Å². The van der Waals surface area contributed by atoms with Gasteiger partial charge in [-0.25, -0.2) is 4.98 Å². The fourth-order valence-electron chi connectivity index (χ4n) is 7.13. The minimum absolute atomic E-state index is 0.874. The number of nitrogens with zero attached hydrogens (tertiary/aromatic N) is 2. The molecular weight excluding hydrogens is 593 g/mol. The van der Waals surface area contributed by atoms with Crippen LogP contribution < -0.4 is 0 Å². The molecule has 0 fully saturated rings. The quantitative estimate of drug-likeness (QED) is 0.196. The van der Waals surface area contributed by atoms with E-state index in [9.17, 15) is 0 Å². The van der Waals surface area contributed by atoms with Crippen LogP contribution in [-0.2, 0) is 0 Å². The summed E-state index contributed by atoms with van der Waals surface area (Å²) in [6, 6.07) is 55.9. The predicted octanol–water partition coefficient (Wildman–Crippen LogP) is 12.3. The summed E-state index contributed by atoms with van der Waals surface area (Å²) in [4.78, 5) is 5.47. The number of aromatic nitrogens is 2. The Morgan fingerprint density at radius 3 is 1.94 bits per heavy atom. The molecular formula is C43H26N2OS. The number of rotatable bonds is 4. The van der Waals surface area contributed by atoms with Crippen molar-refractivity contribution in [2.24, 2.45) is 0 Å². The molecule has 10 aromatic rings. The number of furan rings is 1. The van der Waals surface area contributed by atoms with Crippen LogP contribution >= 0.6 is 11.3 Å². The van der Waals surface area contributed by atoms with Gasteiger partial charge in [0.2, 0.25) is 0 Å². The molecule has 47 heavy (non-hydrogen) atoms. The van der Waals surface area contributed by atoms with Crippen LogP contribution in [0.1, 0.15) is 0 Å². The summed E-state index contributed by atoms with van der Waals surface area (Å²) in [6.07, 6.45) is 0. The number of fused-ring (bicyclic) bond motifs is 8. The van der Waals surface area contributed by atoms with E-state index in [0.29, 0.717) is 0 Å². The summed E-state index contributed by atoms with van der Waals surface area (Å²) in [6.45, 7) is 0. The van der Waals surface area contributed by atoms with E-state index >= 15 is 0 Å². The van der Waals surface area contributed by atoms with Gasteiger partial charge in [-0.15, -0.1) is 0 Å². The highest BCUT2D eigenvalue weighted by Crippen LogP contribution is 2.45. The fraction of sp³-hybridized carbons (Fsp3) is 0. The highest BCUT2D eigenvalue weighted by molar-refractivity contribution is 7.21. The lowest BCUT2D eigenvalue weighted by Gasteiger charge is -2.06. The second-order valence-corrected chi connectivity index (χ2v) is 12.9. The van der Waals surface area contributed by atoms with E-state index in [2.05, 4.69) is 150 Å². The van der Waals surface area contributed by atoms with Crippen LogP contribution in [-0.4, -0.2) is 9.55 Å². The molecule has 0 amide bonds. The highest BCUT2D eigenvalue weighted by atomic mass is 32.1. The number of thiazole rings is 1. The lowest BCUT2D eigenvalue weighted by Crippen LogP contribution is -1.93. The SMILES string of the molecule is c1ccc(-c2ccc3c4c(-c5ccccc5)cccc4n(-c4nc5c(cc(-c6ccccc6)c6oc7ccccc7c65)s4)c3c2)cc1. The molecule has 0 unspecified atom stereocenters. The van der Waals surface area contributed by atoms with Crippen LogP contribution in [0.5, 0.6) is 0 Å². The third-order valence-electron chi connectivity index (χ3n) is 9.25. The van der Waals surface area contributed by atoms with Crippen molar-refractivity contribution in [2.75, 3.05) is 0 Å². The lowest BCUT2D eigenvalue weighted by atomic mass is 9.98. The maximum Gasteiger partial charge on any atom is 0.195 e. The zero-order valence-electron chi connectivity index (χ0n) is 25.2. The molecule has 3 aromatic heterocycles. The second-order valence-electron chi connectivity index (χ2n) is 11.9. The molecule has 0 atom stereocenters. The third kappa shape index (κ3) is 4.02. The molecule has 3 nitrogen and oxygen atoms in total. The normalized spacial score (nSPS) is 11.8. The van der Waals surface area contributed by atoms with Crippen molar-refractivity contribution in [3.05, 3.63) is 158 Å². The van der Waals surface area contributed by atoms with Gasteiger partial charge >= 0.3 is 0 Å². The van der Waals surface area contributed by atoms with E-state index in [4.69, 9.17) is 9.40 Å². The Labute approximate surface area is 274 Å². The molecule has 4 heteroatoms. The van der Waals surface area contributed by atoms with Crippen LogP contribution in [0.2, 0.25) is 0 Å². The van der Waals surface area contributed by atoms with Crippen molar-refractivity contribution in [3.8, 4) is 38.5 Å². The highest BCUT2D eigenvalue weighted by Gasteiger charge is 2.23. The molecule has 0 aliphatic heterocycles.